The van der Waals surface area contributed by atoms with Crippen molar-refractivity contribution in [2.45, 2.75) is 42.3 Å². The van der Waals surface area contributed by atoms with Gasteiger partial charge in [-0.15, -0.1) is 10.2 Å². The van der Waals surface area contributed by atoms with E-state index in [0.717, 1.165) is 21.6 Å². The maximum atomic E-state index is 5.87. The van der Waals surface area contributed by atoms with E-state index in [4.69, 9.17) is 5.73 Å². The fourth-order valence-electron chi connectivity index (χ4n) is 2.48. The molecule has 0 amide bonds. The van der Waals surface area contributed by atoms with Crippen molar-refractivity contribution in [2.24, 2.45) is 0 Å². The lowest BCUT2D eigenvalue weighted by Crippen LogP contribution is -2.07. The van der Waals surface area contributed by atoms with Gasteiger partial charge in [-0.05, 0) is 30.9 Å². The molecular formula is C17H20N8S2. The molecule has 2 aromatic heterocycles. The summed E-state index contributed by atoms with van der Waals surface area (Å²) in [6.07, 6.45) is 3.34. The van der Waals surface area contributed by atoms with Crippen LogP contribution in [0.3, 0.4) is 0 Å². The number of nitrogens with one attached hydrogen (secondary N) is 2. The number of aromatic nitrogens is 5. The quantitative estimate of drug-likeness (QED) is 0.489. The van der Waals surface area contributed by atoms with Crippen LogP contribution in [-0.4, -0.2) is 31.2 Å². The summed E-state index contributed by atoms with van der Waals surface area (Å²) in [6.45, 7) is 2.11. The Labute approximate surface area is 165 Å². The summed E-state index contributed by atoms with van der Waals surface area (Å²) in [5.74, 6) is 1.81. The van der Waals surface area contributed by atoms with E-state index >= 15 is 0 Å². The Bertz CT molecular complexity index is 925. The third-order valence-electron chi connectivity index (χ3n) is 3.98. The SMILES string of the molecule is CCc1ccccc1Nc1nc(N)nc(CSc2nnc(NC3CC3)s2)n1. The number of nitrogens with two attached hydrogens (primary N) is 1. The molecule has 1 aromatic carbocycles. The van der Waals surface area contributed by atoms with Gasteiger partial charge in [0.2, 0.25) is 17.0 Å². The first-order valence-electron chi connectivity index (χ1n) is 8.78. The molecule has 0 bridgehead atoms. The molecule has 1 aliphatic rings. The van der Waals surface area contributed by atoms with Crippen LogP contribution >= 0.6 is 23.1 Å². The highest BCUT2D eigenvalue weighted by Crippen LogP contribution is 2.31. The summed E-state index contributed by atoms with van der Waals surface area (Å²) < 4.78 is 0.878. The van der Waals surface area contributed by atoms with Gasteiger partial charge < -0.3 is 16.4 Å². The number of anilines is 4. The van der Waals surface area contributed by atoms with Crippen molar-refractivity contribution in [3.63, 3.8) is 0 Å². The summed E-state index contributed by atoms with van der Waals surface area (Å²) in [4.78, 5) is 12.9. The summed E-state index contributed by atoms with van der Waals surface area (Å²) in [6, 6.07) is 8.64. The average Bonchev–Trinajstić information content (AvgIpc) is 3.36. The van der Waals surface area contributed by atoms with Crippen LogP contribution in [0.15, 0.2) is 28.6 Å². The second-order valence-electron chi connectivity index (χ2n) is 6.15. The zero-order chi connectivity index (χ0) is 18.6. The second-order valence-corrected chi connectivity index (χ2v) is 8.35. The lowest BCUT2D eigenvalue weighted by molar-refractivity contribution is 0.971. The molecule has 3 aromatic rings. The van der Waals surface area contributed by atoms with Gasteiger partial charge in [0, 0.05) is 11.7 Å². The fraction of sp³-hybridized carbons (Fsp3) is 0.353. The number of aryl methyl sites for hydroxylation is 1. The third-order valence-corrected chi connectivity index (χ3v) is 5.96. The molecule has 1 aliphatic carbocycles. The average molecular weight is 401 g/mol. The van der Waals surface area contributed by atoms with Gasteiger partial charge in [0.15, 0.2) is 4.34 Å². The number of nitrogens with zero attached hydrogens (tertiary/aromatic N) is 5. The van der Waals surface area contributed by atoms with E-state index in [2.05, 4.69) is 48.8 Å². The number of nitrogen functional groups attached to an aromatic ring is 1. The van der Waals surface area contributed by atoms with E-state index < -0.39 is 0 Å². The van der Waals surface area contributed by atoms with E-state index in [1.165, 1.54) is 18.4 Å². The second kappa shape index (κ2) is 8.05. The predicted octanol–water partition coefficient (Wildman–Crippen LogP) is 3.48. The molecule has 0 aliphatic heterocycles. The van der Waals surface area contributed by atoms with Crippen LogP contribution in [0.2, 0.25) is 0 Å². The zero-order valence-corrected chi connectivity index (χ0v) is 16.5. The van der Waals surface area contributed by atoms with Crippen LogP contribution in [0, 0.1) is 0 Å². The highest BCUT2D eigenvalue weighted by Gasteiger charge is 2.22. The summed E-state index contributed by atoms with van der Waals surface area (Å²) >= 11 is 3.09. The predicted molar refractivity (Wildman–Crippen MR) is 109 cm³/mol. The van der Waals surface area contributed by atoms with Crippen molar-refractivity contribution in [3.05, 3.63) is 35.7 Å². The van der Waals surface area contributed by atoms with Crippen LogP contribution < -0.4 is 16.4 Å². The maximum Gasteiger partial charge on any atom is 0.232 e. The standard InChI is InChI=1S/C17H20N8S2/c1-2-10-5-3-4-6-12(10)20-15-22-13(21-14(18)23-15)9-26-17-25-24-16(27-17)19-11-7-8-11/h3-6,11H,2,7-9H2,1H3,(H,19,24)(H3,18,20,21,22,23). The van der Waals surface area contributed by atoms with Crippen LogP contribution in [0.4, 0.5) is 22.7 Å². The van der Waals surface area contributed by atoms with Gasteiger partial charge in [0.05, 0.1) is 5.75 Å². The van der Waals surface area contributed by atoms with Crippen LogP contribution in [0.25, 0.3) is 0 Å². The number of hydrogen-bond acceptors (Lipinski definition) is 10. The first kappa shape index (κ1) is 17.9. The van der Waals surface area contributed by atoms with Crippen molar-refractivity contribution in [2.75, 3.05) is 16.4 Å². The normalized spacial score (nSPS) is 13.5. The van der Waals surface area contributed by atoms with Gasteiger partial charge in [-0.25, -0.2) is 0 Å². The van der Waals surface area contributed by atoms with E-state index in [1.807, 2.05) is 18.2 Å². The summed E-state index contributed by atoms with van der Waals surface area (Å²) in [5, 5.41) is 15.8. The molecule has 0 saturated heterocycles. The Morgan fingerprint density at radius 1 is 1.19 bits per heavy atom. The Balaban J connectivity index is 1.43. The van der Waals surface area contributed by atoms with Gasteiger partial charge >= 0.3 is 0 Å². The van der Waals surface area contributed by atoms with Crippen molar-refractivity contribution in [1.82, 2.24) is 25.1 Å². The largest absolute Gasteiger partial charge is 0.368 e. The lowest BCUT2D eigenvalue weighted by atomic mass is 10.1. The van der Waals surface area contributed by atoms with E-state index in [9.17, 15) is 0 Å². The summed E-state index contributed by atoms with van der Waals surface area (Å²) in [7, 11) is 0. The monoisotopic (exact) mass is 400 g/mol. The minimum absolute atomic E-state index is 0.199. The lowest BCUT2D eigenvalue weighted by Gasteiger charge is -2.10. The molecule has 27 heavy (non-hydrogen) atoms. The van der Waals surface area contributed by atoms with Crippen molar-refractivity contribution >= 4 is 45.8 Å². The maximum absolute atomic E-state index is 5.87. The van der Waals surface area contributed by atoms with Crippen LogP contribution in [0.1, 0.15) is 31.2 Å². The van der Waals surface area contributed by atoms with Crippen molar-refractivity contribution < 1.29 is 0 Å². The topological polar surface area (TPSA) is 115 Å². The molecule has 8 nitrogen and oxygen atoms in total. The first-order valence-corrected chi connectivity index (χ1v) is 10.6. The van der Waals surface area contributed by atoms with E-state index in [-0.39, 0.29) is 5.95 Å². The van der Waals surface area contributed by atoms with Gasteiger partial charge in [-0.3, -0.25) is 0 Å². The molecule has 2 heterocycles. The van der Waals surface area contributed by atoms with Crippen LogP contribution in [0.5, 0.6) is 0 Å². The Hall–Kier alpha value is -2.46. The number of benzene rings is 1. The summed E-state index contributed by atoms with van der Waals surface area (Å²) in [5.41, 5.74) is 8.04. The molecule has 0 radical (unpaired) electrons. The van der Waals surface area contributed by atoms with Crippen LogP contribution in [-0.2, 0) is 12.2 Å². The molecule has 0 unspecified atom stereocenters. The highest BCUT2D eigenvalue weighted by atomic mass is 32.2. The molecule has 0 atom stereocenters. The molecule has 140 valence electrons. The molecular weight excluding hydrogens is 380 g/mol. The molecule has 4 rings (SSSR count). The van der Waals surface area contributed by atoms with Gasteiger partial charge in [0.1, 0.15) is 5.82 Å². The molecule has 1 fully saturated rings. The van der Waals surface area contributed by atoms with Gasteiger partial charge in [0.25, 0.3) is 0 Å². The fourth-order valence-corrected chi connectivity index (χ4v) is 4.17. The molecule has 10 heteroatoms. The Morgan fingerprint density at radius 3 is 2.85 bits per heavy atom. The Morgan fingerprint density at radius 2 is 2.04 bits per heavy atom. The van der Waals surface area contributed by atoms with Crippen molar-refractivity contribution in [1.29, 1.82) is 0 Å². The van der Waals surface area contributed by atoms with E-state index in [1.54, 1.807) is 23.1 Å². The number of hydrogen-bond donors (Lipinski definition) is 3. The molecule has 4 N–H and O–H groups in total. The molecule has 1 saturated carbocycles. The van der Waals surface area contributed by atoms with Gasteiger partial charge in [-0.2, -0.15) is 15.0 Å². The highest BCUT2D eigenvalue weighted by molar-refractivity contribution is 8.00. The zero-order valence-electron chi connectivity index (χ0n) is 14.8. The third kappa shape index (κ3) is 4.83. The van der Waals surface area contributed by atoms with Crippen molar-refractivity contribution in [3.8, 4) is 0 Å². The minimum atomic E-state index is 0.199. The number of thioether (sulfide) groups is 1. The number of rotatable bonds is 8. The Kier molecular flexibility index (Phi) is 5.35. The van der Waals surface area contributed by atoms with Gasteiger partial charge in [-0.1, -0.05) is 48.2 Å². The number of para-hydroxylation sites is 1. The van der Waals surface area contributed by atoms with E-state index in [0.29, 0.717) is 23.6 Å². The smallest absolute Gasteiger partial charge is 0.232 e. The molecule has 0 spiro atoms. The minimum Gasteiger partial charge on any atom is -0.368 e. The first-order chi connectivity index (χ1) is 13.2.